The Hall–Kier alpha value is -1.57. The zero-order valence-corrected chi connectivity index (χ0v) is 11.0. The van der Waals surface area contributed by atoms with Crippen LogP contribution in [-0.4, -0.2) is 48.7 Å². The number of nitrogens with one attached hydrogen (secondary N) is 1. The number of nitro benzene ring substituents is 1. The molecular formula is C12H18FN3O3. The van der Waals surface area contributed by atoms with Crippen LogP contribution in [-0.2, 0) is 0 Å². The molecule has 6 nitrogen and oxygen atoms in total. The van der Waals surface area contributed by atoms with Gasteiger partial charge in [-0.3, -0.25) is 10.1 Å². The minimum Gasteiger partial charge on any atom is -0.387 e. The second-order valence-corrected chi connectivity index (χ2v) is 4.49. The van der Waals surface area contributed by atoms with Crippen LogP contribution in [0.5, 0.6) is 0 Å². The number of nitrogens with zero attached hydrogens (tertiary/aromatic N) is 2. The van der Waals surface area contributed by atoms with Crippen molar-refractivity contribution >= 4 is 5.69 Å². The molecule has 0 bridgehead atoms. The van der Waals surface area contributed by atoms with E-state index in [1.165, 1.54) is 6.07 Å². The number of halogens is 1. The van der Waals surface area contributed by atoms with Gasteiger partial charge in [-0.1, -0.05) is 6.07 Å². The largest absolute Gasteiger partial charge is 0.387 e. The van der Waals surface area contributed by atoms with Gasteiger partial charge in [0.15, 0.2) is 0 Å². The van der Waals surface area contributed by atoms with Crippen molar-refractivity contribution in [2.75, 3.05) is 33.7 Å². The fourth-order valence-electron chi connectivity index (χ4n) is 1.54. The molecule has 0 saturated heterocycles. The molecule has 0 spiro atoms. The zero-order chi connectivity index (χ0) is 14.4. The number of hydrogen-bond acceptors (Lipinski definition) is 5. The SMILES string of the molecule is CN(C)CCNCC(O)c1ccc(F)c([N+](=O)[O-])c1. The van der Waals surface area contributed by atoms with Crippen molar-refractivity contribution in [2.24, 2.45) is 0 Å². The third kappa shape index (κ3) is 4.90. The highest BCUT2D eigenvalue weighted by molar-refractivity contribution is 5.37. The third-order valence-electron chi connectivity index (χ3n) is 2.63. The second kappa shape index (κ2) is 7.13. The molecule has 0 aliphatic rings. The van der Waals surface area contributed by atoms with E-state index in [2.05, 4.69) is 5.32 Å². The van der Waals surface area contributed by atoms with E-state index in [0.29, 0.717) is 12.1 Å². The van der Waals surface area contributed by atoms with E-state index in [4.69, 9.17) is 0 Å². The van der Waals surface area contributed by atoms with Crippen LogP contribution in [0.4, 0.5) is 10.1 Å². The first-order chi connectivity index (χ1) is 8.91. The number of rotatable bonds is 7. The molecule has 0 aliphatic carbocycles. The summed E-state index contributed by atoms with van der Waals surface area (Å²) in [5, 5.41) is 23.5. The molecule has 1 rings (SSSR count). The topological polar surface area (TPSA) is 78.6 Å². The second-order valence-electron chi connectivity index (χ2n) is 4.49. The summed E-state index contributed by atoms with van der Waals surface area (Å²) in [6.07, 6.45) is -0.901. The molecule has 106 valence electrons. The Morgan fingerprint density at radius 3 is 2.79 bits per heavy atom. The molecule has 0 radical (unpaired) electrons. The predicted octanol–water partition coefficient (Wildman–Crippen LogP) is 0.919. The summed E-state index contributed by atoms with van der Waals surface area (Å²) in [5.74, 6) is -0.901. The number of aliphatic hydroxyl groups excluding tert-OH is 1. The summed E-state index contributed by atoms with van der Waals surface area (Å²) in [6, 6.07) is 3.41. The molecule has 1 unspecified atom stereocenters. The monoisotopic (exact) mass is 271 g/mol. The Labute approximate surface area is 111 Å². The van der Waals surface area contributed by atoms with Crippen LogP contribution in [0.15, 0.2) is 18.2 Å². The summed E-state index contributed by atoms with van der Waals surface area (Å²) < 4.78 is 13.1. The highest BCUT2D eigenvalue weighted by Crippen LogP contribution is 2.22. The normalized spacial score (nSPS) is 12.7. The molecule has 0 aliphatic heterocycles. The minimum absolute atomic E-state index is 0.261. The van der Waals surface area contributed by atoms with Gasteiger partial charge in [-0.15, -0.1) is 0 Å². The molecule has 0 aromatic heterocycles. The van der Waals surface area contributed by atoms with Crippen molar-refractivity contribution in [3.05, 3.63) is 39.7 Å². The van der Waals surface area contributed by atoms with Crippen LogP contribution in [0.2, 0.25) is 0 Å². The predicted molar refractivity (Wildman–Crippen MR) is 69.4 cm³/mol. The first-order valence-electron chi connectivity index (χ1n) is 5.89. The summed E-state index contributed by atoms with van der Waals surface area (Å²) in [4.78, 5) is 11.8. The fourth-order valence-corrected chi connectivity index (χ4v) is 1.54. The zero-order valence-electron chi connectivity index (χ0n) is 11.0. The lowest BCUT2D eigenvalue weighted by molar-refractivity contribution is -0.387. The van der Waals surface area contributed by atoms with Crippen LogP contribution < -0.4 is 5.32 Å². The van der Waals surface area contributed by atoms with Gasteiger partial charge in [0.05, 0.1) is 11.0 Å². The molecule has 19 heavy (non-hydrogen) atoms. The molecule has 7 heteroatoms. The lowest BCUT2D eigenvalue weighted by Gasteiger charge is -2.14. The van der Waals surface area contributed by atoms with Crippen molar-refractivity contribution in [2.45, 2.75) is 6.10 Å². The molecule has 2 N–H and O–H groups in total. The lowest BCUT2D eigenvalue weighted by atomic mass is 10.1. The molecular weight excluding hydrogens is 253 g/mol. The van der Waals surface area contributed by atoms with E-state index in [1.807, 2.05) is 19.0 Å². The quantitative estimate of drug-likeness (QED) is 0.438. The molecule has 0 heterocycles. The molecule has 0 saturated carbocycles. The van der Waals surface area contributed by atoms with E-state index in [9.17, 15) is 19.6 Å². The molecule has 1 aromatic rings. The van der Waals surface area contributed by atoms with Crippen molar-refractivity contribution in [1.82, 2.24) is 10.2 Å². The first-order valence-corrected chi connectivity index (χ1v) is 5.89. The van der Waals surface area contributed by atoms with Crippen LogP contribution >= 0.6 is 0 Å². The summed E-state index contributed by atoms with van der Waals surface area (Å²) in [5.41, 5.74) is -0.296. The molecule has 1 aromatic carbocycles. The highest BCUT2D eigenvalue weighted by Gasteiger charge is 2.17. The Bertz CT molecular complexity index is 440. The van der Waals surface area contributed by atoms with Crippen LogP contribution in [0.3, 0.4) is 0 Å². The fraction of sp³-hybridized carbons (Fsp3) is 0.500. The number of nitro groups is 1. The first kappa shape index (κ1) is 15.5. The van der Waals surface area contributed by atoms with Crippen LogP contribution in [0, 0.1) is 15.9 Å². The number of benzene rings is 1. The van der Waals surface area contributed by atoms with E-state index >= 15 is 0 Å². The van der Waals surface area contributed by atoms with Gasteiger partial charge in [0.2, 0.25) is 5.82 Å². The highest BCUT2D eigenvalue weighted by atomic mass is 19.1. The standard InChI is InChI=1S/C12H18FN3O3/c1-15(2)6-5-14-8-12(17)9-3-4-10(13)11(7-9)16(18)19/h3-4,7,12,14,17H,5-6,8H2,1-2H3. The number of likely N-dealkylation sites (N-methyl/N-ethyl adjacent to an activating group) is 1. The van der Waals surface area contributed by atoms with Crippen molar-refractivity contribution < 1.29 is 14.4 Å². The van der Waals surface area contributed by atoms with E-state index in [0.717, 1.165) is 18.7 Å². The van der Waals surface area contributed by atoms with Gasteiger partial charge in [0, 0.05) is 25.7 Å². The maximum absolute atomic E-state index is 13.1. The average Bonchev–Trinajstić information content (AvgIpc) is 2.34. The van der Waals surface area contributed by atoms with E-state index in [1.54, 1.807) is 0 Å². The van der Waals surface area contributed by atoms with Gasteiger partial charge in [-0.05, 0) is 25.7 Å². The van der Waals surface area contributed by atoms with E-state index in [-0.39, 0.29) is 6.54 Å². The Morgan fingerprint density at radius 2 is 2.21 bits per heavy atom. The Kier molecular flexibility index (Phi) is 5.81. The van der Waals surface area contributed by atoms with Crippen molar-refractivity contribution in [3.63, 3.8) is 0 Å². The van der Waals surface area contributed by atoms with Gasteiger partial charge in [-0.25, -0.2) is 0 Å². The van der Waals surface area contributed by atoms with Gasteiger partial charge >= 0.3 is 5.69 Å². The van der Waals surface area contributed by atoms with Gasteiger partial charge in [-0.2, -0.15) is 4.39 Å². The number of aliphatic hydroxyl groups is 1. The van der Waals surface area contributed by atoms with Crippen LogP contribution in [0.25, 0.3) is 0 Å². The summed E-state index contributed by atoms with van der Waals surface area (Å²) in [6.45, 7) is 1.76. The smallest absolute Gasteiger partial charge is 0.305 e. The summed E-state index contributed by atoms with van der Waals surface area (Å²) >= 11 is 0. The molecule has 0 amide bonds. The van der Waals surface area contributed by atoms with Crippen LogP contribution in [0.1, 0.15) is 11.7 Å². The van der Waals surface area contributed by atoms with Gasteiger partial charge in [0.25, 0.3) is 0 Å². The van der Waals surface area contributed by atoms with E-state index < -0.39 is 22.5 Å². The lowest BCUT2D eigenvalue weighted by Crippen LogP contribution is -2.29. The summed E-state index contributed by atoms with van der Waals surface area (Å²) in [7, 11) is 3.86. The van der Waals surface area contributed by atoms with Crippen molar-refractivity contribution in [1.29, 1.82) is 0 Å². The Morgan fingerprint density at radius 1 is 1.53 bits per heavy atom. The molecule has 0 fully saturated rings. The van der Waals surface area contributed by atoms with Gasteiger partial charge in [0.1, 0.15) is 0 Å². The maximum Gasteiger partial charge on any atom is 0.305 e. The third-order valence-corrected chi connectivity index (χ3v) is 2.63. The molecule has 1 atom stereocenters. The number of hydrogen-bond donors (Lipinski definition) is 2. The average molecular weight is 271 g/mol. The Balaban J connectivity index is 2.59. The minimum atomic E-state index is -0.901. The van der Waals surface area contributed by atoms with Crippen molar-refractivity contribution in [3.8, 4) is 0 Å². The maximum atomic E-state index is 13.1. The van der Waals surface area contributed by atoms with Gasteiger partial charge < -0.3 is 15.3 Å².